The molecular formula is C20H19NOS. The normalized spacial score (nSPS) is 10.5. The molecule has 0 unspecified atom stereocenters. The van der Waals surface area contributed by atoms with E-state index in [1.807, 2.05) is 42.5 Å². The van der Waals surface area contributed by atoms with Crippen molar-refractivity contribution in [2.45, 2.75) is 18.4 Å². The fraction of sp³-hybridized carbons (Fsp3) is 0.100. The van der Waals surface area contributed by atoms with Crippen molar-refractivity contribution in [3.8, 4) is 16.9 Å². The molecule has 0 bridgehead atoms. The molecule has 0 radical (unpaired) electrons. The summed E-state index contributed by atoms with van der Waals surface area (Å²) in [6, 6.07) is 22.2. The van der Waals surface area contributed by atoms with Gasteiger partial charge in [0.2, 0.25) is 0 Å². The van der Waals surface area contributed by atoms with Gasteiger partial charge in [-0.25, -0.2) is 0 Å². The summed E-state index contributed by atoms with van der Waals surface area (Å²) in [4.78, 5) is 0.944. The molecule has 3 aromatic carbocycles. The Bertz CT molecular complexity index is 795. The van der Waals surface area contributed by atoms with Gasteiger partial charge in [0, 0.05) is 4.90 Å². The minimum Gasteiger partial charge on any atom is -0.487 e. The number of aryl methyl sites for hydroxylation is 1. The molecule has 0 atom stereocenters. The average Bonchev–Trinajstić information content (AvgIpc) is 2.56. The summed E-state index contributed by atoms with van der Waals surface area (Å²) in [5, 5.41) is 0. The number of benzene rings is 3. The number of rotatable bonds is 4. The molecule has 0 amide bonds. The largest absolute Gasteiger partial charge is 0.487 e. The molecule has 2 N–H and O–H groups in total. The fourth-order valence-electron chi connectivity index (χ4n) is 2.36. The van der Waals surface area contributed by atoms with Crippen molar-refractivity contribution in [3.63, 3.8) is 0 Å². The summed E-state index contributed by atoms with van der Waals surface area (Å²) < 4.78 is 5.84. The molecule has 0 saturated carbocycles. The van der Waals surface area contributed by atoms with Crippen molar-refractivity contribution >= 4 is 18.3 Å². The Morgan fingerprint density at radius 3 is 2.17 bits per heavy atom. The van der Waals surface area contributed by atoms with Crippen LogP contribution < -0.4 is 10.5 Å². The summed E-state index contributed by atoms with van der Waals surface area (Å²) in [5.41, 5.74) is 11.3. The van der Waals surface area contributed by atoms with Crippen LogP contribution in [-0.2, 0) is 6.61 Å². The van der Waals surface area contributed by atoms with Crippen LogP contribution in [0, 0.1) is 6.92 Å². The van der Waals surface area contributed by atoms with E-state index in [9.17, 15) is 0 Å². The Balaban J connectivity index is 1.74. The highest BCUT2D eigenvalue weighted by molar-refractivity contribution is 7.80. The van der Waals surface area contributed by atoms with Gasteiger partial charge in [-0.3, -0.25) is 0 Å². The van der Waals surface area contributed by atoms with Crippen LogP contribution in [0.3, 0.4) is 0 Å². The summed E-state index contributed by atoms with van der Waals surface area (Å²) in [5.74, 6) is 0.708. The van der Waals surface area contributed by atoms with Crippen molar-refractivity contribution in [2.24, 2.45) is 0 Å². The van der Waals surface area contributed by atoms with E-state index in [0.29, 0.717) is 18.0 Å². The van der Waals surface area contributed by atoms with E-state index in [4.69, 9.17) is 10.5 Å². The van der Waals surface area contributed by atoms with Crippen LogP contribution in [0.4, 0.5) is 5.69 Å². The van der Waals surface area contributed by atoms with Gasteiger partial charge in [0.25, 0.3) is 0 Å². The van der Waals surface area contributed by atoms with E-state index in [-0.39, 0.29) is 0 Å². The van der Waals surface area contributed by atoms with Crippen LogP contribution in [0.25, 0.3) is 11.1 Å². The first kappa shape index (κ1) is 15.5. The van der Waals surface area contributed by atoms with Gasteiger partial charge in [0.1, 0.15) is 12.4 Å². The number of hydrogen-bond donors (Lipinski definition) is 2. The zero-order valence-corrected chi connectivity index (χ0v) is 13.9. The van der Waals surface area contributed by atoms with Crippen LogP contribution in [0.5, 0.6) is 5.75 Å². The number of nitrogens with two attached hydrogens (primary N) is 1. The standard InChI is InChI=1S/C20H19NOS/c1-14-2-4-15(5-3-14)13-22-20-11-8-17(12-19(20)21)16-6-9-18(23)10-7-16/h2-12,23H,13,21H2,1H3. The number of ether oxygens (including phenoxy) is 1. The van der Waals surface area contributed by atoms with E-state index in [1.54, 1.807) is 0 Å². The third kappa shape index (κ3) is 3.88. The molecule has 0 fully saturated rings. The van der Waals surface area contributed by atoms with Gasteiger partial charge < -0.3 is 10.5 Å². The highest BCUT2D eigenvalue weighted by atomic mass is 32.1. The second kappa shape index (κ2) is 6.80. The van der Waals surface area contributed by atoms with Gasteiger partial charge in [-0.05, 0) is 47.9 Å². The average molecular weight is 321 g/mol. The first-order chi connectivity index (χ1) is 11.1. The summed E-state index contributed by atoms with van der Waals surface area (Å²) in [6.45, 7) is 2.58. The Morgan fingerprint density at radius 2 is 1.52 bits per heavy atom. The SMILES string of the molecule is Cc1ccc(COc2ccc(-c3ccc(S)cc3)cc2N)cc1. The van der Waals surface area contributed by atoms with Crippen molar-refractivity contribution in [2.75, 3.05) is 5.73 Å². The summed E-state index contributed by atoms with van der Waals surface area (Å²) in [7, 11) is 0. The third-order valence-electron chi connectivity index (χ3n) is 3.73. The van der Waals surface area contributed by atoms with E-state index in [0.717, 1.165) is 21.6 Å². The van der Waals surface area contributed by atoms with Crippen molar-refractivity contribution < 1.29 is 4.74 Å². The van der Waals surface area contributed by atoms with E-state index < -0.39 is 0 Å². The minimum atomic E-state index is 0.512. The van der Waals surface area contributed by atoms with E-state index in [1.165, 1.54) is 5.56 Å². The predicted octanol–water partition coefficient (Wildman–Crippen LogP) is 5.11. The maximum Gasteiger partial charge on any atom is 0.142 e. The molecule has 0 aliphatic heterocycles. The molecular weight excluding hydrogens is 302 g/mol. The Kier molecular flexibility index (Phi) is 4.58. The van der Waals surface area contributed by atoms with Gasteiger partial charge in [-0.15, -0.1) is 12.6 Å². The van der Waals surface area contributed by atoms with Crippen LogP contribution in [-0.4, -0.2) is 0 Å². The van der Waals surface area contributed by atoms with Crippen LogP contribution >= 0.6 is 12.6 Å². The lowest BCUT2D eigenvalue weighted by Crippen LogP contribution is -1.99. The molecule has 0 saturated heterocycles. The lowest BCUT2D eigenvalue weighted by Gasteiger charge is -2.11. The Labute approximate surface area is 142 Å². The Hall–Kier alpha value is -2.39. The zero-order chi connectivity index (χ0) is 16.2. The van der Waals surface area contributed by atoms with Gasteiger partial charge in [0.15, 0.2) is 0 Å². The molecule has 2 nitrogen and oxygen atoms in total. The van der Waals surface area contributed by atoms with Crippen molar-refractivity contribution in [1.29, 1.82) is 0 Å². The maximum atomic E-state index is 6.14. The van der Waals surface area contributed by atoms with Crippen LogP contribution in [0.15, 0.2) is 71.6 Å². The topological polar surface area (TPSA) is 35.2 Å². The minimum absolute atomic E-state index is 0.512. The monoisotopic (exact) mass is 321 g/mol. The number of hydrogen-bond acceptors (Lipinski definition) is 3. The predicted molar refractivity (Wildman–Crippen MR) is 99.1 cm³/mol. The summed E-state index contributed by atoms with van der Waals surface area (Å²) in [6.07, 6.45) is 0. The molecule has 3 rings (SSSR count). The first-order valence-electron chi connectivity index (χ1n) is 7.49. The molecule has 0 aliphatic carbocycles. The zero-order valence-electron chi connectivity index (χ0n) is 13.0. The number of nitrogen functional groups attached to an aromatic ring is 1. The molecule has 0 spiro atoms. The second-order valence-electron chi connectivity index (χ2n) is 5.57. The van der Waals surface area contributed by atoms with Gasteiger partial charge in [-0.1, -0.05) is 48.0 Å². The highest BCUT2D eigenvalue weighted by Crippen LogP contribution is 2.29. The smallest absolute Gasteiger partial charge is 0.142 e. The Morgan fingerprint density at radius 1 is 0.870 bits per heavy atom. The van der Waals surface area contributed by atoms with E-state index >= 15 is 0 Å². The second-order valence-corrected chi connectivity index (χ2v) is 6.09. The molecule has 3 aromatic rings. The molecule has 0 aliphatic rings. The molecule has 3 heteroatoms. The highest BCUT2D eigenvalue weighted by Gasteiger charge is 2.05. The van der Waals surface area contributed by atoms with E-state index in [2.05, 4.69) is 43.8 Å². The van der Waals surface area contributed by atoms with Gasteiger partial charge in [-0.2, -0.15) is 0 Å². The lowest BCUT2D eigenvalue weighted by molar-refractivity contribution is 0.308. The molecule has 116 valence electrons. The summed E-state index contributed by atoms with van der Waals surface area (Å²) >= 11 is 4.30. The number of anilines is 1. The van der Waals surface area contributed by atoms with Crippen LogP contribution in [0.2, 0.25) is 0 Å². The fourth-order valence-corrected chi connectivity index (χ4v) is 2.51. The number of thiol groups is 1. The molecule has 0 aromatic heterocycles. The molecule has 0 heterocycles. The van der Waals surface area contributed by atoms with Crippen molar-refractivity contribution in [1.82, 2.24) is 0 Å². The lowest BCUT2D eigenvalue weighted by atomic mass is 10.0. The van der Waals surface area contributed by atoms with Gasteiger partial charge >= 0.3 is 0 Å². The molecule has 23 heavy (non-hydrogen) atoms. The van der Waals surface area contributed by atoms with Gasteiger partial charge in [0.05, 0.1) is 5.69 Å². The third-order valence-corrected chi connectivity index (χ3v) is 4.02. The van der Waals surface area contributed by atoms with Crippen LogP contribution in [0.1, 0.15) is 11.1 Å². The maximum absolute atomic E-state index is 6.14. The first-order valence-corrected chi connectivity index (χ1v) is 7.94. The quantitative estimate of drug-likeness (QED) is 0.517. The van der Waals surface area contributed by atoms with Crippen molar-refractivity contribution in [3.05, 3.63) is 77.9 Å².